The number of carbonyl (C=O) groups excluding carboxylic acids is 2. The number of hydrogen-bond donors (Lipinski definition) is 1. The highest BCUT2D eigenvalue weighted by Crippen LogP contribution is 2.66. The number of benzene rings is 2. The number of Topliss-reactive ketones (excluding diaryl/α,β-unsaturated/α-hetero) is 1. The van der Waals surface area contributed by atoms with Gasteiger partial charge in [-0.2, -0.15) is 0 Å². The van der Waals surface area contributed by atoms with Crippen LogP contribution < -0.4 is 0 Å². The molecular weight excluding hydrogens is 690 g/mol. The van der Waals surface area contributed by atoms with Crippen LogP contribution in [0, 0.1) is 40.3 Å². The fraction of sp³-hybridized carbons (Fsp3) is 0.681. The van der Waals surface area contributed by atoms with Gasteiger partial charge in [-0.15, -0.1) is 0 Å². The van der Waals surface area contributed by atoms with E-state index in [0.717, 1.165) is 92.4 Å². The van der Waals surface area contributed by atoms with Gasteiger partial charge in [-0.3, -0.25) is 19.5 Å². The summed E-state index contributed by atoms with van der Waals surface area (Å²) in [7, 11) is 0. The number of aliphatic hydroxyl groups excluding tert-OH is 1. The summed E-state index contributed by atoms with van der Waals surface area (Å²) in [4.78, 5) is 34.5. The van der Waals surface area contributed by atoms with Crippen molar-refractivity contribution >= 4 is 17.4 Å². The van der Waals surface area contributed by atoms with E-state index in [9.17, 15) is 19.1 Å². The molecule has 6 aliphatic rings. The molecule has 8 heteroatoms. The fourth-order valence-electron chi connectivity index (χ4n) is 12.5. The van der Waals surface area contributed by atoms with E-state index in [2.05, 4.69) is 23.7 Å². The second-order valence-corrected chi connectivity index (χ2v) is 18.7. The summed E-state index contributed by atoms with van der Waals surface area (Å²) >= 11 is 0. The molecule has 298 valence electrons. The van der Waals surface area contributed by atoms with E-state index in [-0.39, 0.29) is 29.9 Å². The molecule has 1 N–H and O–H groups in total. The highest BCUT2D eigenvalue weighted by Gasteiger charge is 2.60. The maximum absolute atomic E-state index is 15.0. The Bertz CT molecular complexity index is 1740. The van der Waals surface area contributed by atoms with Crippen molar-refractivity contribution in [3.8, 4) is 0 Å². The van der Waals surface area contributed by atoms with Gasteiger partial charge in [0.25, 0.3) is 5.91 Å². The number of ketones is 1. The third-order valence-corrected chi connectivity index (χ3v) is 15.7. The van der Waals surface area contributed by atoms with Gasteiger partial charge in [-0.05, 0) is 129 Å². The van der Waals surface area contributed by atoms with E-state index in [0.29, 0.717) is 42.0 Å². The third-order valence-electron chi connectivity index (χ3n) is 15.7. The summed E-state index contributed by atoms with van der Waals surface area (Å²) < 4.78 is 21.7. The van der Waals surface area contributed by atoms with Gasteiger partial charge in [0, 0.05) is 56.0 Å². The molecule has 1 unspecified atom stereocenters. The largest absolute Gasteiger partial charge is 0.393 e. The van der Waals surface area contributed by atoms with Crippen molar-refractivity contribution in [2.75, 3.05) is 45.9 Å². The summed E-state index contributed by atoms with van der Waals surface area (Å²) in [6.45, 7) is 10.0. The van der Waals surface area contributed by atoms with E-state index < -0.39 is 5.82 Å². The predicted octanol–water partition coefficient (Wildman–Crippen LogP) is 8.55. The molecular formula is C47H64FN3O4. The molecule has 0 aromatic heterocycles. The summed E-state index contributed by atoms with van der Waals surface area (Å²) in [5, 5.41) is 10.4. The number of aliphatic hydroxyl groups is 1. The second-order valence-electron chi connectivity index (χ2n) is 18.7. The number of aliphatic imine (C=N–C) groups is 1. The first-order valence-electron chi connectivity index (χ1n) is 21.9. The number of ether oxygens (including phenoxy) is 1. The van der Waals surface area contributed by atoms with Gasteiger partial charge < -0.3 is 14.7 Å². The number of unbranched alkanes of at least 4 members (excludes halogenated alkanes) is 4. The molecule has 0 radical (unpaired) electrons. The Hall–Kier alpha value is -2.94. The lowest BCUT2D eigenvalue weighted by molar-refractivity contribution is -0.141. The number of fused-ring (bicyclic) bond motifs is 6. The maximum atomic E-state index is 15.0. The van der Waals surface area contributed by atoms with Gasteiger partial charge >= 0.3 is 0 Å². The van der Waals surface area contributed by atoms with Gasteiger partial charge in [0.15, 0.2) is 5.78 Å². The van der Waals surface area contributed by atoms with E-state index in [4.69, 9.17) is 4.74 Å². The Morgan fingerprint density at radius 3 is 2.45 bits per heavy atom. The molecule has 2 aliphatic heterocycles. The van der Waals surface area contributed by atoms with Crippen LogP contribution in [0.4, 0.5) is 4.39 Å². The standard InChI is InChI=1S/C47H64FN3O4/c1-46-20-18-34(52)30-33(46)13-14-37-39-15-17-44(47(39,2)21-19-40(37)46)55-27-9-5-3-4-8-22-50-23-25-51(26-24-50)45(54)38-28-32(12-16-41(38)48)29-42-35-10-6-7-11-36(35)43(53)31-49-42/h6-7,10-12,16,28,33-34,37,39-40,44,52H,3-5,8-9,13-15,17-27,29-31H2,1-2H3/t33-,34?,37-,39-,40-,44-,46-,47-/m0/s1. The Kier molecular flexibility index (Phi) is 11.7. The van der Waals surface area contributed by atoms with E-state index in [1.165, 1.54) is 70.3 Å². The van der Waals surface area contributed by atoms with E-state index in [1.54, 1.807) is 17.0 Å². The molecule has 4 aliphatic carbocycles. The lowest BCUT2D eigenvalue weighted by atomic mass is 9.45. The minimum absolute atomic E-state index is 0.00700. The van der Waals surface area contributed by atoms with E-state index in [1.807, 2.05) is 24.3 Å². The van der Waals surface area contributed by atoms with E-state index >= 15 is 0 Å². The normalized spacial score (nSPS) is 33.3. The number of carbonyl (C=O) groups is 2. The van der Waals surface area contributed by atoms with Crippen LogP contribution in [0.15, 0.2) is 47.5 Å². The van der Waals surface area contributed by atoms with Crippen molar-refractivity contribution in [1.82, 2.24) is 9.80 Å². The summed E-state index contributed by atoms with van der Waals surface area (Å²) in [6, 6.07) is 12.2. The molecule has 0 spiro atoms. The van der Waals surface area contributed by atoms with Crippen LogP contribution in [0.25, 0.3) is 0 Å². The summed E-state index contributed by atoms with van der Waals surface area (Å²) in [5.74, 6) is 2.50. The molecule has 1 amide bonds. The molecule has 4 saturated carbocycles. The first-order chi connectivity index (χ1) is 26.6. The van der Waals surface area contributed by atoms with Gasteiger partial charge in [0.1, 0.15) is 12.4 Å². The van der Waals surface area contributed by atoms with Crippen molar-refractivity contribution in [1.29, 1.82) is 0 Å². The zero-order valence-corrected chi connectivity index (χ0v) is 33.5. The molecule has 0 bridgehead atoms. The first kappa shape index (κ1) is 38.9. The zero-order valence-electron chi connectivity index (χ0n) is 33.5. The monoisotopic (exact) mass is 753 g/mol. The minimum atomic E-state index is -0.495. The first-order valence-corrected chi connectivity index (χ1v) is 21.9. The minimum Gasteiger partial charge on any atom is -0.393 e. The molecule has 55 heavy (non-hydrogen) atoms. The van der Waals surface area contributed by atoms with Gasteiger partial charge in [-0.1, -0.05) is 63.4 Å². The van der Waals surface area contributed by atoms with Crippen LogP contribution >= 0.6 is 0 Å². The number of amides is 1. The highest BCUT2D eigenvalue weighted by atomic mass is 19.1. The summed E-state index contributed by atoms with van der Waals surface area (Å²) in [6.07, 6.45) is 18.0. The van der Waals surface area contributed by atoms with Crippen LogP contribution in [0.1, 0.15) is 136 Å². The quantitative estimate of drug-likeness (QED) is 0.220. The number of halogens is 1. The predicted molar refractivity (Wildman–Crippen MR) is 215 cm³/mol. The average Bonchev–Trinajstić information content (AvgIpc) is 3.54. The van der Waals surface area contributed by atoms with Crippen molar-refractivity contribution in [2.24, 2.45) is 39.5 Å². The molecule has 5 fully saturated rings. The molecule has 8 atom stereocenters. The number of nitrogens with zero attached hydrogens (tertiary/aromatic N) is 3. The Morgan fingerprint density at radius 2 is 1.62 bits per heavy atom. The van der Waals surface area contributed by atoms with Crippen molar-refractivity contribution < 1.29 is 23.8 Å². The average molecular weight is 754 g/mol. The lowest BCUT2D eigenvalue weighted by Crippen LogP contribution is -2.54. The van der Waals surface area contributed by atoms with Crippen molar-refractivity contribution in [3.63, 3.8) is 0 Å². The van der Waals surface area contributed by atoms with Crippen LogP contribution in [0.3, 0.4) is 0 Å². The molecule has 2 aromatic rings. The topological polar surface area (TPSA) is 82.4 Å². The van der Waals surface area contributed by atoms with Gasteiger partial charge in [-0.25, -0.2) is 4.39 Å². The molecule has 2 heterocycles. The Balaban J connectivity index is 0.719. The highest BCUT2D eigenvalue weighted by molar-refractivity contribution is 6.15. The lowest BCUT2D eigenvalue weighted by Gasteiger charge is -2.60. The molecule has 7 nitrogen and oxygen atoms in total. The molecule has 1 saturated heterocycles. The fourth-order valence-corrected chi connectivity index (χ4v) is 12.5. The molecule has 8 rings (SSSR count). The Morgan fingerprint density at radius 1 is 0.873 bits per heavy atom. The van der Waals surface area contributed by atoms with Gasteiger partial charge in [0.2, 0.25) is 0 Å². The second kappa shape index (κ2) is 16.5. The SMILES string of the molecule is C[C@]12CCC(O)C[C@@H]1CC[C@@H]1[C@@H]2CC[C@]2(C)[C@@H](OCCCCCCCN3CCN(C(=O)c4cc(CC5=NCC(=O)c6ccccc65)ccc4F)CC3)CC[C@@H]12. The number of piperazine rings is 1. The third kappa shape index (κ3) is 7.86. The van der Waals surface area contributed by atoms with Crippen LogP contribution in [0.5, 0.6) is 0 Å². The van der Waals surface area contributed by atoms with Crippen LogP contribution in [0.2, 0.25) is 0 Å². The molecule has 2 aromatic carbocycles. The summed E-state index contributed by atoms with van der Waals surface area (Å²) in [5.41, 5.74) is 4.00. The van der Waals surface area contributed by atoms with Gasteiger partial charge in [0.05, 0.1) is 17.8 Å². The smallest absolute Gasteiger partial charge is 0.256 e. The maximum Gasteiger partial charge on any atom is 0.256 e. The van der Waals surface area contributed by atoms with Crippen LogP contribution in [-0.4, -0.2) is 90.4 Å². The van der Waals surface area contributed by atoms with Crippen LogP contribution in [-0.2, 0) is 11.2 Å². The Labute approximate surface area is 328 Å². The number of rotatable bonds is 12. The number of hydrogen-bond acceptors (Lipinski definition) is 6. The zero-order chi connectivity index (χ0) is 38.2. The van der Waals surface area contributed by atoms with Crippen molar-refractivity contribution in [3.05, 3.63) is 70.5 Å². The van der Waals surface area contributed by atoms with Crippen molar-refractivity contribution in [2.45, 2.75) is 122 Å².